The molecule has 0 saturated carbocycles. The minimum absolute atomic E-state index is 0.0273. The van der Waals surface area contributed by atoms with E-state index >= 15 is 0 Å². The zero-order valence-corrected chi connectivity index (χ0v) is 6.82. The Morgan fingerprint density at radius 3 is 2.64 bits per heavy atom. The minimum atomic E-state index is -0.860. The first-order chi connectivity index (χ1) is 5.31. The van der Waals surface area contributed by atoms with Gasteiger partial charge in [-0.2, -0.15) is 0 Å². The zero-order valence-electron chi connectivity index (χ0n) is 6.82. The van der Waals surface area contributed by atoms with Crippen LogP contribution in [0.2, 0.25) is 0 Å². The van der Waals surface area contributed by atoms with Gasteiger partial charge in [-0.25, -0.2) is 0 Å². The van der Waals surface area contributed by atoms with E-state index in [9.17, 15) is 0 Å². The van der Waals surface area contributed by atoms with Crippen LogP contribution in [0, 0.1) is 0 Å². The first-order valence-electron chi connectivity index (χ1n) is 3.79. The topological polar surface area (TPSA) is 58.9 Å². The summed E-state index contributed by atoms with van der Waals surface area (Å²) in [5.41, 5.74) is 0. The Morgan fingerprint density at radius 1 is 1.36 bits per heavy atom. The number of hydrogen-bond acceptors (Lipinski definition) is 4. The maximum atomic E-state index is 8.98. The lowest BCUT2D eigenvalue weighted by molar-refractivity contribution is -0.139. The average molecular weight is 164 g/mol. The average Bonchev–Trinajstić information content (AvgIpc) is 2.01. The van der Waals surface area contributed by atoms with E-state index < -0.39 is 6.29 Å². The van der Waals surface area contributed by atoms with Crippen LogP contribution >= 0.6 is 0 Å². The Morgan fingerprint density at radius 2 is 2.09 bits per heavy atom. The van der Waals surface area contributed by atoms with Crippen molar-refractivity contribution in [1.29, 1.82) is 0 Å². The Hall–Kier alpha value is -0.160. The molecule has 0 bridgehead atoms. The maximum Gasteiger partial charge on any atom is 0.178 e. The van der Waals surface area contributed by atoms with Gasteiger partial charge in [-0.15, -0.1) is 0 Å². The molecule has 0 aromatic carbocycles. The Balaban J connectivity index is 3.02. The van der Waals surface area contributed by atoms with Gasteiger partial charge >= 0.3 is 0 Å². The van der Waals surface area contributed by atoms with Crippen molar-refractivity contribution >= 4 is 0 Å². The molecule has 1 atom stereocenters. The molecule has 0 aliphatic carbocycles. The molecule has 0 radical (unpaired) electrons. The molecular weight excluding hydrogens is 148 g/mol. The molecule has 68 valence electrons. The van der Waals surface area contributed by atoms with E-state index in [1.165, 1.54) is 0 Å². The van der Waals surface area contributed by atoms with E-state index in [1.54, 1.807) is 0 Å². The molecule has 0 spiro atoms. The van der Waals surface area contributed by atoms with Crippen molar-refractivity contribution in [3.63, 3.8) is 0 Å². The number of aliphatic hydroxyl groups excluding tert-OH is 2. The number of rotatable bonds is 7. The van der Waals surface area contributed by atoms with Crippen LogP contribution in [-0.4, -0.2) is 42.9 Å². The summed E-state index contributed by atoms with van der Waals surface area (Å²) in [6.07, 6.45) is 0.0124. The first kappa shape index (κ1) is 10.8. The van der Waals surface area contributed by atoms with Gasteiger partial charge in [0.05, 0.1) is 19.8 Å². The van der Waals surface area contributed by atoms with Crippen molar-refractivity contribution in [2.24, 2.45) is 0 Å². The van der Waals surface area contributed by atoms with Gasteiger partial charge in [-0.05, 0) is 6.42 Å². The molecule has 0 fully saturated rings. The predicted molar refractivity (Wildman–Crippen MR) is 40.2 cm³/mol. The second kappa shape index (κ2) is 7.94. The van der Waals surface area contributed by atoms with Gasteiger partial charge in [0.25, 0.3) is 0 Å². The SMILES string of the molecule is CCCOC(O)COCCO. The highest BCUT2D eigenvalue weighted by molar-refractivity contribution is 4.37. The molecule has 0 aliphatic rings. The summed E-state index contributed by atoms with van der Waals surface area (Å²) in [6, 6.07) is 0. The maximum absolute atomic E-state index is 8.98. The van der Waals surface area contributed by atoms with Gasteiger partial charge in [-0.1, -0.05) is 6.92 Å². The van der Waals surface area contributed by atoms with Crippen LogP contribution in [0.4, 0.5) is 0 Å². The molecule has 11 heavy (non-hydrogen) atoms. The third-order valence-electron chi connectivity index (χ3n) is 1.01. The minimum Gasteiger partial charge on any atom is -0.394 e. The fraction of sp³-hybridized carbons (Fsp3) is 1.00. The standard InChI is InChI=1S/C7H16O4/c1-2-4-11-7(9)6-10-5-3-8/h7-9H,2-6H2,1H3. The summed E-state index contributed by atoms with van der Waals surface area (Å²) in [6.45, 7) is 2.83. The molecular formula is C7H16O4. The lowest BCUT2D eigenvalue weighted by Gasteiger charge is -2.10. The summed E-state index contributed by atoms with van der Waals surface area (Å²) in [5.74, 6) is 0. The van der Waals surface area contributed by atoms with Crippen LogP contribution < -0.4 is 0 Å². The highest BCUT2D eigenvalue weighted by atomic mass is 16.6. The van der Waals surface area contributed by atoms with E-state index in [4.69, 9.17) is 19.7 Å². The normalized spacial score (nSPS) is 13.4. The van der Waals surface area contributed by atoms with E-state index in [0.717, 1.165) is 6.42 Å². The van der Waals surface area contributed by atoms with Crippen molar-refractivity contribution in [2.45, 2.75) is 19.6 Å². The van der Waals surface area contributed by atoms with Crippen molar-refractivity contribution < 1.29 is 19.7 Å². The molecule has 0 aliphatic heterocycles. The summed E-state index contributed by atoms with van der Waals surface area (Å²) in [5, 5.41) is 17.3. The van der Waals surface area contributed by atoms with Crippen LogP contribution in [-0.2, 0) is 9.47 Å². The van der Waals surface area contributed by atoms with E-state index in [-0.39, 0.29) is 19.8 Å². The van der Waals surface area contributed by atoms with Gasteiger partial charge < -0.3 is 19.7 Å². The second-order valence-corrected chi connectivity index (χ2v) is 2.12. The van der Waals surface area contributed by atoms with Crippen LogP contribution in [0.15, 0.2) is 0 Å². The number of aliphatic hydroxyl groups is 2. The Bertz CT molecular complexity index is 76.8. The fourth-order valence-corrected chi connectivity index (χ4v) is 0.551. The van der Waals surface area contributed by atoms with E-state index in [2.05, 4.69) is 0 Å². The molecule has 0 aromatic heterocycles. The highest BCUT2D eigenvalue weighted by Crippen LogP contribution is 1.89. The molecule has 1 unspecified atom stereocenters. The lowest BCUT2D eigenvalue weighted by Crippen LogP contribution is -2.20. The van der Waals surface area contributed by atoms with Gasteiger partial charge in [0.15, 0.2) is 6.29 Å². The monoisotopic (exact) mass is 164 g/mol. The van der Waals surface area contributed by atoms with Crippen LogP contribution in [0.3, 0.4) is 0 Å². The van der Waals surface area contributed by atoms with Crippen LogP contribution in [0.1, 0.15) is 13.3 Å². The third kappa shape index (κ3) is 7.74. The lowest BCUT2D eigenvalue weighted by atomic mass is 10.5. The van der Waals surface area contributed by atoms with Crippen molar-refractivity contribution in [3.8, 4) is 0 Å². The van der Waals surface area contributed by atoms with Crippen LogP contribution in [0.5, 0.6) is 0 Å². The first-order valence-corrected chi connectivity index (χ1v) is 3.79. The fourth-order valence-electron chi connectivity index (χ4n) is 0.551. The van der Waals surface area contributed by atoms with Gasteiger partial charge in [0, 0.05) is 6.61 Å². The Labute approximate surface area is 66.7 Å². The van der Waals surface area contributed by atoms with Crippen LogP contribution in [0.25, 0.3) is 0 Å². The molecule has 2 N–H and O–H groups in total. The predicted octanol–water partition coefficient (Wildman–Crippen LogP) is -0.260. The van der Waals surface area contributed by atoms with Crippen molar-refractivity contribution in [3.05, 3.63) is 0 Å². The summed E-state index contributed by atoms with van der Waals surface area (Å²) in [7, 11) is 0. The molecule has 4 heteroatoms. The second-order valence-electron chi connectivity index (χ2n) is 2.12. The summed E-state index contributed by atoms with van der Waals surface area (Å²) < 4.78 is 9.70. The summed E-state index contributed by atoms with van der Waals surface area (Å²) in [4.78, 5) is 0. The zero-order chi connectivity index (χ0) is 8.53. The van der Waals surface area contributed by atoms with Crippen molar-refractivity contribution in [1.82, 2.24) is 0 Å². The Kier molecular flexibility index (Phi) is 7.83. The van der Waals surface area contributed by atoms with Gasteiger partial charge in [0.1, 0.15) is 0 Å². The molecule has 0 amide bonds. The molecule has 0 aromatic rings. The molecule has 0 heterocycles. The number of hydrogen-bond donors (Lipinski definition) is 2. The molecule has 0 rings (SSSR count). The van der Waals surface area contributed by atoms with E-state index in [0.29, 0.717) is 6.61 Å². The smallest absolute Gasteiger partial charge is 0.178 e. The van der Waals surface area contributed by atoms with Crippen molar-refractivity contribution in [2.75, 3.05) is 26.4 Å². The van der Waals surface area contributed by atoms with Gasteiger partial charge in [-0.3, -0.25) is 0 Å². The highest BCUT2D eigenvalue weighted by Gasteiger charge is 2.01. The summed E-state index contributed by atoms with van der Waals surface area (Å²) >= 11 is 0. The largest absolute Gasteiger partial charge is 0.394 e. The molecule has 0 saturated heterocycles. The van der Waals surface area contributed by atoms with E-state index in [1.807, 2.05) is 6.92 Å². The quantitative estimate of drug-likeness (QED) is 0.402. The van der Waals surface area contributed by atoms with Gasteiger partial charge in [0.2, 0.25) is 0 Å². The third-order valence-corrected chi connectivity index (χ3v) is 1.01. The number of ether oxygens (including phenoxy) is 2. The molecule has 4 nitrogen and oxygen atoms in total.